The molecule has 47 heavy (non-hydrogen) atoms. The van der Waals surface area contributed by atoms with Crippen LogP contribution in [0.25, 0.3) is 0 Å². The summed E-state index contributed by atoms with van der Waals surface area (Å²) >= 11 is 0. The molecule has 0 spiro atoms. The fourth-order valence-electron chi connectivity index (χ4n) is 7.74. The van der Waals surface area contributed by atoms with Crippen molar-refractivity contribution >= 4 is 17.7 Å². The standard InChI is InChI=1S/C36H50O10.Ac/c1-19(2)14-20(3)30(39)33(41)45-27-17-36(43,34(7,8)25(22(27)5)15-21(4)37)31(46-32(40)24-12-10-9-11-13-24)29-23(6)26(38)16-28-35(29,42)18-44-28;/h9-14,20,23,26-31,38-39,42-43H,15-18H2,1-8H3;. The summed E-state index contributed by atoms with van der Waals surface area (Å²) in [7, 11) is 0. The summed E-state index contributed by atoms with van der Waals surface area (Å²) in [4.78, 5) is 39.7. The van der Waals surface area contributed by atoms with Gasteiger partial charge in [0.05, 0.1) is 24.4 Å². The van der Waals surface area contributed by atoms with Crippen LogP contribution in [-0.2, 0) is 23.8 Å². The molecule has 0 bridgehead atoms. The molecule has 10 unspecified atom stereocenters. The number of hydrogen-bond acceptors (Lipinski definition) is 10. The van der Waals surface area contributed by atoms with Gasteiger partial charge in [0, 0.05) is 80.6 Å². The number of Topliss-reactive ketones (excluding diaryl/α,β-unsaturated/α-hetero) is 1. The molecule has 2 fully saturated rings. The largest absolute Gasteiger partial charge is 0.456 e. The van der Waals surface area contributed by atoms with E-state index in [9.17, 15) is 34.8 Å². The van der Waals surface area contributed by atoms with E-state index in [2.05, 4.69) is 0 Å². The Morgan fingerprint density at radius 1 is 1.11 bits per heavy atom. The van der Waals surface area contributed by atoms with Gasteiger partial charge < -0.3 is 34.6 Å². The van der Waals surface area contributed by atoms with E-state index in [0.717, 1.165) is 5.57 Å². The van der Waals surface area contributed by atoms with Crippen LogP contribution in [-0.4, -0.2) is 86.5 Å². The van der Waals surface area contributed by atoms with Gasteiger partial charge in [-0.25, -0.2) is 9.59 Å². The summed E-state index contributed by atoms with van der Waals surface area (Å²) in [5.41, 5.74) is -2.64. The van der Waals surface area contributed by atoms with Crippen molar-refractivity contribution in [2.24, 2.45) is 23.2 Å². The van der Waals surface area contributed by atoms with Crippen molar-refractivity contribution in [3.8, 4) is 0 Å². The number of carbonyl (C=O) groups is 3. The number of benzene rings is 1. The summed E-state index contributed by atoms with van der Waals surface area (Å²) < 4.78 is 17.8. The smallest absolute Gasteiger partial charge is 0.338 e. The van der Waals surface area contributed by atoms with Crippen LogP contribution in [0, 0.1) is 67.2 Å². The molecule has 11 heteroatoms. The molecule has 1 heterocycles. The molecule has 10 nitrogen and oxygen atoms in total. The molecule has 2 aliphatic carbocycles. The molecule has 10 atom stereocenters. The maximum atomic E-state index is 13.7. The minimum Gasteiger partial charge on any atom is -0.456 e. The van der Waals surface area contributed by atoms with Crippen molar-refractivity contribution in [2.45, 2.75) is 116 Å². The van der Waals surface area contributed by atoms with Gasteiger partial charge in [-0.2, -0.15) is 0 Å². The van der Waals surface area contributed by atoms with Crippen LogP contribution in [0.5, 0.6) is 0 Å². The average molecular weight is 870 g/mol. The third kappa shape index (κ3) is 7.67. The predicted molar refractivity (Wildman–Crippen MR) is 169 cm³/mol. The van der Waals surface area contributed by atoms with Crippen LogP contribution >= 0.6 is 0 Å². The number of fused-ring (bicyclic) bond motifs is 1. The number of rotatable bonds is 10. The Balaban J connectivity index is 0.00000600. The zero-order valence-electron chi connectivity index (χ0n) is 28.7. The number of ether oxygens (including phenoxy) is 3. The molecule has 1 aromatic rings. The minimum absolute atomic E-state index is 0. The van der Waals surface area contributed by atoms with Crippen LogP contribution in [0.2, 0.25) is 0 Å². The Bertz CT molecular complexity index is 1390. The normalized spacial score (nSPS) is 33.1. The van der Waals surface area contributed by atoms with Crippen LogP contribution in [0.4, 0.5) is 0 Å². The Kier molecular flexibility index (Phi) is 12.9. The van der Waals surface area contributed by atoms with E-state index in [4.69, 9.17) is 14.2 Å². The third-order valence-electron chi connectivity index (χ3n) is 10.6. The Morgan fingerprint density at radius 3 is 2.26 bits per heavy atom. The van der Waals surface area contributed by atoms with E-state index in [1.165, 1.54) is 6.92 Å². The molecule has 1 aromatic carbocycles. The molecule has 4 rings (SSSR count). The van der Waals surface area contributed by atoms with Gasteiger partial charge in [-0.1, -0.05) is 63.1 Å². The SMILES string of the molecule is CC(=O)CC1=C(C)C(OC(=O)C(O)C(C)C=C(C)C)CC(O)(C(OC(=O)c2ccccc2)C2C(C)C(O)CC3OCC32O)C1(C)C.[Ac]. The van der Waals surface area contributed by atoms with Gasteiger partial charge in [0.15, 0.2) is 6.10 Å². The molecule has 1 aliphatic heterocycles. The molecule has 0 aromatic heterocycles. The van der Waals surface area contributed by atoms with Crippen molar-refractivity contribution in [3.63, 3.8) is 0 Å². The summed E-state index contributed by atoms with van der Waals surface area (Å²) in [6.07, 6.45) is -4.13. The van der Waals surface area contributed by atoms with Crippen molar-refractivity contribution in [2.75, 3.05) is 6.61 Å². The van der Waals surface area contributed by atoms with Gasteiger partial charge in [0.2, 0.25) is 0 Å². The number of allylic oxidation sites excluding steroid dienone is 1. The van der Waals surface area contributed by atoms with Crippen LogP contribution in [0.1, 0.15) is 85.0 Å². The summed E-state index contributed by atoms with van der Waals surface area (Å²) in [5, 5.41) is 47.0. The monoisotopic (exact) mass is 869 g/mol. The second kappa shape index (κ2) is 15.2. The summed E-state index contributed by atoms with van der Waals surface area (Å²) in [6, 6.07) is 8.25. The minimum atomic E-state index is -2.03. The number of carbonyl (C=O) groups excluding carboxylic acids is 3. The quantitative estimate of drug-likeness (QED) is 0.202. The van der Waals surface area contributed by atoms with Gasteiger partial charge in [-0.05, 0) is 51.3 Å². The Labute approximate surface area is 313 Å². The van der Waals surface area contributed by atoms with Gasteiger partial charge in [0.25, 0.3) is 0 Å². The molecular formula is C36H50AcO10. The van der Waals surface area contributed by atoms with Gasteiger partial charge >= 0.3 is 11.9 Å². The van der Waals surface area contributed by atoms with Crippen LogP contribution < -0.4 is 0 Å². The first kappa shape index (κ1) is 40.0. The fourth-order valence-corrected chi connectivity index (χ4v) is 7.74. The van der Waals surface area contributed by atoms with Crippen molar-refractivity contribution in [3.05, 3.63) is 58.7 Å². The molecule has 0 amide bonds. The average Bonchev–Trinajstić information content (AvgIpc) is 2.98. The fraction of sp³-hybridized carbons (Fsp3) is 0.639. The summed E-state index contributed by atoms with van der Waals surface area (Å²) in [6.45, 7) is 13.7. The molecular weight excluding hydrogens is 819 g/mol. The van der Waals surface area contributed by atoms with E-state index >= 15 is 0 Å². The predicted octanol–water partition coefficient (Wildman–Crippen LogP) is 3.69. The molecule has 1 saturated heterocycles. The number of esters is 2. The molecule has 1 radical (unpaired) electrons. The number of aliphatic hydroxyl groups is 4. The third-order valence-corrected chi connectivity index (χ3v) is 10.6. The van der Waals surface area contributed by atoms with E-state index in [-0.39, 0.29) is 81.3 Å². The number of aliphatic hydroxyl groups excluding tert-OH is 2. The van der Waals surface area contributed by atoms with Crippen molar-refractivity contribution < 1.29 is 93.1 Å². The molecule has 1 saturated carbocycles. The second-order valence-electron chi connectivity index (χ2n) is 14.4. The first-order valence-corrected chi connectivity index (χ1v) is 16.1. The van der Waals surface area contributed by atoms with Gasteiger partial charge in [-0.15, -0.1) is 0 Å². The van der Waals surface area contributed by atoms with E-state index in [1.807, 2.05) is 13.8 Å². The zero-order valence-corrected chi connectivity index (χ0v) is 33.5. The van der Waals surface area contributed by atoms with Crippen LogP contribution in [0.15, 0.2) is 53.1 Å². The zero-order chi connectivity index (χ0) is 34.4. The maximum Gasteiger partial charge on any atom is 0.338 e. The number of hydrogen-bond donors (Lipinski definition) is 4. The Hall–Kier alpha value is -1.45. The van der Waals surface area contributed by atoms with Crippen LogP contribution in [0.3, 0.4) is 0 Å². The molecule has 4 N–H and O–H groups in total. The van der Waals surface area contributed by atoms with Crippen molar-refractivity contribution in [1.29, 1.82) is 0 Å². The van der Waals surface area contributed by atoms with E-state index in [1.54, 1.807) is 71.0 Å². The molecule has 3 aliphatic rings. The first-order valence-electron chi connectivity index (χ1n) is 16.1. The van der Waals surface area contributed by atoms with Gasteiger partial charge in [0.1, 0.15) is 29.2 Å². The maximum absolute atomic E-state index is 13.7. The second-order valence-corrected chi connectivity index (χ2v) is 14.4. The van der Waals surface area contributed by atoms with E-state index in [0.29, 0.717) is 11.1 Å². The topological polar surface area (TPSA) is 160 Å². The summed E-state index contributed by atoms with van der Waals surface area (Å²) in [5.74, 6) is -4.03. The molecule has 257 valence electrons. The van der Waals surface area contributed by atoms with Gasteiger partial charge in [-0.3, -0.25) is 4.79 Å². The van der Waals surface area contributed by atoms with Crippen molar-refractivity contribution in [1.82, 2.24) is 0 Å². The number of ketones is 1. The Morgan fingerprint density at radius 2 is 1.72 bits per heavy atom. The van der Waals surface area contributed by atoms with E-state index < -0.39 is 76.8 Å². The first-order chi connectivity index (χ1) is 21.3.